The van der Waals surface area contributed by atoms with Crippen molar-refractivity contribution in [1.82, 2.24) is 10.6 Å². The van der Waals surface area contributed by atoms with Gasteiger partial charge in [0.2, 0.25) is 11.8 Å². The molecule has 3 atom stereocenters. The van der Waals surface area contributed by atoms with Crippen LogP contribution in [0.25, 0.3) is 0 Å². The van der Waals surface area contributed by atoms with Crippen molar-refractivity contribution in [2.24, 2.45) is 11.7 Å². The average Bonchev–Trinajstić information content (AvgIpc) is 2.96. The van der Waals surface area contributed by atoms with Gasteiger partial charge in [-0.05, 0) is 48.4 Å². The molecule has 3 rings (SSSR count). The molecule has 0 aliphatic carbocycles. The van der Waals surface area contributed by atoms with Crippen LogP contribution in [-0.4, -0.2) is 41.9 Å². The lowest BCUT2D eigenvalue weighted by Gasteiger charge is -2.25. The molecule has 0 aliphatic heterocycles. The maximum Gasteiger partial charge on any atom is 0.345 e. The second kappa shape index (κ2) is 15.3. The molecule has 0 saturated carbocycles. The molecule has 8 nitrogen and oxygen atoms in total. The summed E-state index contributed by atoms with van der Waals surface area (Å²) in [7, 11) is 0. The third kappa shape index (κ3) is 9.78. The van der Waals surface area contributed by atoms with Crippen LogP contribution < -0.4 is 16.4 Å². The predicted octanol–water partition coefficient (Wildman–Crippen LogP) is 3.59. The van der Waals surface area contributed by atoms with Gasteiger partial charge in [-0.15, -0.1) is 0 Å². The van der Waals surface area contributed by atoms with Crippen LogP contribution in [0.4, 0.5) is 0 Å². The van der Waals surface area contributed by atoms with E-state index in [4.69, 9.17) is 10.5 Å². The van der Waals surface area contributed by atoms with Crippen molar-refractivity contribution in [3.8, 4) is 0 Å². The third-order valence-corrected chi connectivity index (χ3v) is 6.35. The first-order chi connectivity index (χ1) is 19.2. The topological polar surface area (TPSA) is 128 Å². The van der Waals surface area contributed by atoms with E-state index in [1.165, 1.54) is 12.1 Å². The number of hydrogen-bond donors (Lipinski definition) is 3. The maximum absolute atomic E-state index is 13.4. The van der Waals surface area contributed by atoms with Gasteiger partial charge in [0.15, 0.2) is 0 Å². The highest BCUT2D eigenvalue weighted by atomic mass is 16.6. The van der Waals surface area contributed by atoms with E-state index in [1.807, 2.05) is 74.5 Å². The van der Waals surface area contributed by atoms with E-state index in [0.717, 1.165) is 11.1 Å². The van der Waals surface area contributed by atoms with Crippen molar-refractivity contribution in [3.63, 3.8) is 0 Å². The summed E-state index contributed by atoms with van der Waals surface area (Å²) in [5, 5.41) is 5.47. The Balaban J connectivity index is 1.70. The van der Waals surface area contributed by atoms with E-state index >= 15 is 0 Å². The Hall–Kier alpha value is -4.30. The molecule has 210 valence electrons. The molecule has 3 aromatic rings. The predicted molar refractivity (Wildman–Crippen MR) is 153 cm³/mol. The Morgan fingerprint density at radius 3 is 1.82 bits per heavy atom. The summed E-state index contributed by atoms with van der Waals surface area (Å²) in [6.07, 6.45) is 1.47. The quantitative estimate of drug-likeness (QED) is 0.223. The van der Waals surface area contributed by atoms with Crippen LogP contribution in [0.2, 0.25) is 0 Å². The van der Waals surface area contributed by atoms with E-state index in [2.05, 4.69) is 10.6 Å². The standard InChI is InChI=1S/C32H37N3O5/c1-22(2)20-27(34-29(36)26(33)19-18-23-12-6-3-7-13-23)30(37)35-28(21-24-14-8-4-9-15-24)32(39)40-31(38)25-16-10-5-11-17-25/h3-17,22,26-28H,18-21,33H2,1-2H3,(H,34,36)(H,35,37)/t26-,27-,28-/m0/s1. The zero-order valence-corrected chi connectivity index (χ0v) is 22.9. The maximum atomic E-state index is 13.4. The summed E-state index contributed by atoms with van der Waals surface area (Å²) in [6, 6.07) is 24.0. The van der Waals surface area contributed by atoms with Crippen molar-refractivity contribution in [3.05, 3.63) is 108 Å². The average molecular weight is 544 g/mol. The van der Waals surface area contributed by atoms with Crippen molar-refractivity contribution in [2.75, 3.05) is 0 Å². The minimum Gasteiger partial charge on any atom is -0.388 e. The van der Waals surface area contributed by atoms with Crippen molar-refractivity contribution >= 4 is 23.8 Å². The van der Waals surface area contributed by atoms with Crippen LogP contribution in [0.3, 0.4) is 0 Å². The minimum absolute atomic E-state index is 0.0655. The number of ether oxygens (including phenoxy) is 1. The SMILES string of the molecule is CC(C)C[C@H](NC(=O)[C@@H](N)CCc1ccccc1)C(=O)N[C@@H](Cc1ccccc1)C(=O)OC(=O)c1ccccc1. The van der Waals surface area contributed by atoms with Crippen molar-refractivity contribution < 1.29 is 23.9 Å². The fourth-order valence-corrected chi connectivity index (χ4v) is 4.19. The van der Waals surface area contributed by atoms with Gasteiger partial charge < -0.3 is 21.1 Å². The largest absolute Gasteiger partial charge is 0.388 e. The number of carbonyl (C=O) groups is 4. The number of hydrogen-bond acceptors (Lipinski definition) is 6. The van der Waals surface area contributed by atoms with Crippen LogP contribution in [0.15, 0.2) is 91.0 Å². The van der Waals surface area contributed by atoms with Crippen molar-refractivity contribution in [1.29, 1.82) is 0 Å². The molecule has 0 spiro atoms. The van der Waals surface area contributed by atoms with Crippen LogP contribution in [0.1, 0.15) is 48.2 Å². The number of esters is 2. The van der Waals surface area contributed by atoms with Gasteiger partial charge in [0, 0.05) is 6.42 Å². The van der Waals surface area contributed by atoms with Gasteiger partial charge in [0.25, 0.3) is 0 Å². The van der Waals surface area contributed by atoms with Gasteiger partial charge in [-0.25, -0.2) is 9.59 Å². The fraction of sp³-hybridized carbons (Fsp3) is 0.312. The Labute approximate surface area is 235 Å². The highest BCUT2D eigenvalue weighted by Gasteiger charge is 2.30. The van der Waals surface area contributed by atoms with Crippen LogP contribution >= 0.6 is 0 Å². The number of nitrogens with two attached hydrogens (primary N) is 1. The van der Waals surface area contributed by atoms with Crippen LogP contribution in [-0.2, 0) is 32.0 Å². The summed E-state index contributed by atoms with van der Waals surface area (Å²) >= 11 is 0. The van der Waals surface area contributed by atoms with Gasteiger partial charge in [-0.3, -0.25) is 9.59 Å². The number of aryl methyl sites for hydroxylation is 1. The van der Waals surface area contributed by atoms with Gasteiger partial charge >= 0.3 is 11.9 Å². The lowest BCUT2D eigenvalue weighted by molar-refractivity contribution is -0.143. The molecule has 4 N–H and O–H groups in total. The lowest BCUT2D eigenvalue weighted by atomic mass is 10.00. The summed E-state index contributed by atoms with van der Waals surface area (Å²) in [6.45, 7) is 3.85. The Morgan fingerprint density at radius 1 is 0.725 bits per heavy atom. The van der Waals surface area contributed by atoms with E-state index in [0.29, 0.717) is 19.3 Å². The van der Waals surface area contributed by atoms with E-state index < -0.39 is 41.9 Å². The smallest absolute Gasteiger partial charge is 0.345 e. The fourth-order valence-electron chi connectivity index (χ4n) is 4.19. The first-order valence-corrected chi connectivity index (χ1v) is 13.5. The van der Waals surface area contributed by atoms with Crippen molar-refractivity contribution in [2.45, 2.75) is 57.7 Å². The molecule has 0 heterocycles. The molecule has 3 aromatic carbocycles. The molecule has 0 fully saturated rings. The highest BCUT2D eigenvalue weighted by Crippen LogP contribution is 2.11. The molecule has 8 heteroatoms. The molecule has 0 aliphatic rings. The zero-order chi connectivity index (χ0) is 28.9. The molecule has 0 bridgehead atoms. The first kappa shape index (κ1) is 30.2. The number of amides is 2. The first-order valence-electron chi connectivity index (χ1n) is 13.5. The lowest BCUT2D eigenvalue weighted by Crippen LogP contribution is -2.55. The molecule has 0 saturated heterocycles. The number of carbonyl (C=O) groups excluding carboxylic acids is 4. The Bertz CT molecular complexity index is 1250. The van der Waals surface area contributed by atoms with Crippen LogP contribution in [0, 0.1) is 5.92 Å². The third-order valence-electron chi connectivity index (χ3n) is 6.35. The molecular formula is C32H37N3O5. The van der Waals surface area contributed by atoms with Gasteiger partial charge in [0.1, 0.15) is 12.1 Å². The summed E-state index contributed by atoms with van der Waals surface area (Å²) in [5.41, 5.74) is 8.20. The van der Waals surface area contributed by atoms with E-state index in [9.17, 15) is 19.2 Å². The molecule has 0 radical (unpaired) electrons. The zero-order valence-electron chi connectivity index (χ0n) is 22.9. The molecule has 40 heavy (non-hydrogen) atoms. The summed E-state index contributed by atoms with van der Waals surface area (Å²) < 4.78 is 5.13. The molecule has 0 aromatic heterocycles. The number of nitrogens with one attached hydrogen (secondary N) is 2. The Kier molecular flexibility index (Phi) is 11.6. The minimum atomic E-state index is -1.15. The molecule has 2 amide bonds. The summed E-state index contributed by atoms with van der Waals surface area (Å²) in [4.78, 5) is 52.0. The van der Waals surface area contributed by atoms with E-state index in [-0.39, 0.29) is 17.9 Å². The monoisotopic (exact) mass is 543 g/mol. The second-order valence-corrected chi connectivity index (χ2v) is 10.1. The van der Waals surface area contributed by atoms with Gasteiger partial charge in [-0.2, -0.15) is 0 Å². The highest BCUT2D eigenvalue weighted by molar-refractivity contribution is 5.99. The summed E-state index contributed by atoms with van der Waals surface area (Å²) in [5.74, 6) is -2.63. The van der Waals surface area contributed by atoms with Crippen LogP contribution in [0.5, 0.6) is 0 Å². The second-order valence-electron chi connectivity index (χ2n) is 10.1. The normalized spacial score (nSPS) is 13.1. The molecule has 0 unspecified atom stereocenters. The number of benzene rings is 3. The van der Waals surface area contributed by atoms with E-state index in [1.54, 1.807) is 18.2 Å². The van der Waals surface area contributed by atoms with Gasteiger partial charge in [0.05, 0.1) is 11.6 Å². The number of rotatable bonds is 13. The van der Waals surface area contributed by atoms with Gasteiger partial charge in [-0.1, -0.05) is 92.7 Å². The molecular weight excluding hydrogens is 506 g/mol. The Morgan fingerprint density at radius 2 is 1.25 bits per heavy atom.